The second-order valence-electron chi connectivity index (χ2n) is 5.68. The third-order valence-corrected chi connectivity index (χ3v) is 5.31. The van der Waals surface area contributed by atoms with Crippen LogP contribution in [0, 0.1) is 6.92 Å². The molecule has 1 heterocycles. The number of imidazole rings is 1. The predicted molar refractivity (Wildman–Crippen MR) is 91.8 cm³/mol. The minimum Gasteiger partial charge on any atom is -0.506 e. The van der Waals surface area contributed by atoms with Crippen LogP contribution in [0.5, 0.6) is 5.75 Å². The first kappa shape index (κ1) is 16.1. The van der Waals surface area contributed by atoms with Crippen LogP contribution in [0.3, 0.4) is 0 Å². The van der Waals surface area contributed by atoms with Gasteiger partial charge in [-0.15, -0.1) is 0 Å². The molecule has 3 aromatic rings. The molecule has 1 aromatic heterocycles. The highest BCUT2D eigenvalue weighted by Crippen LogP contribution is 2.27. The molecule has 8 heteroatoms. The molecule has 0 radical (unpaired) electrons. The summed E-state index contributed by atoms with van der Waals surface area (Å²) in [5.74, 6) is -0.155. The number of benzene rings is 2. The van der Waals surface area contributed by atoms with Crippen molar-refractivity contribution in [1.29, 1.82) is 0 Å². The number of rotatable bonds is 3. The Morgan fingerprint density at radius 3 is 2.38 bits per heavy atom. The number of fused-ring (bicyclic) bond motifs is 1. The summed E-state index contributed by atoms with van der Waals surface area (Å²) in [6.07, 6.45) is 0. The van der Waals surface area contributed by atoms with Crippen LogP contribution in [0.1, 0.15) is 5.56 Å². The van der Waals surface area contributed by atoms with Crippen LogP contribution in [0.25, 0.3) is 11.0 Å². The largest absolute Gasteiger partial charge is 0.506 e. The highest BCUT2D eigenvalue weighted by molar-refractivity contribution is 7.92. The monoisotopic (exact) mass is 347 g/mol. The summed E-state index contributed by atoms with van der Waals surface area (Å²) >= 11 is 0. The average molecular weight is 347 g/mol. The molecule has 0 fully saturated rings. The number of sulfonamides is 1. The molecule has 0 unspecified atom stereocenters. The standard InChI is InChI=1S/C16H17N3O4S/c1-10-4-7-15(20)12(8-10)17-24(22,23)11-5-6-13-14(9-11)19(3)16(21)18(13)2/h4-9,17,20H,1-3H3. The first-order valence-corrected chi connectivity index (χ1v) is 8.67. The van der Waals surface area contributed by atoms with Crippen molar-refractivity contribution >= 4 is 26.7 Å². The van der Waals surface area contributed by atoms with Gasteiger partial charge in [-0.1, -0.05) is 6.07 Å². The maximum atomic E-state index is 12.6. The van der Waals surface area contributed by atoms with Gasteiger partial charge in [-0.2, -0.15) is 0 Å². The van der Waals surface area contributed by atoms with Crippen LogP contribution in [0.4, 0.5) is 5.69 Å². The lowest BCUT2D eigenvalue weighted by Gasteiger charge is -2.10. The Balaban J connectivity index is 2.10. The van der Waals surface area contributed by atoms with E-state index in [9.17, 15) is 18.3 Å². The van der Waals surface area contributed by atoms with E-state index >= 15 is 0 Å². The summed E-state index contributed by atoms with van der Waals surface area (Å²) < 4.78 is 30.4. The van der Waals surface area contributed by atoms with Crippen LogP contribution >= 0.6 is 0 Å². The number of nitrogens with zero attached hydrogens (tertiary/aromatic N) is 2. The number of aromatic hydroxyl groups is 1. The molecule has 0 atom stereocenters. The highest BCUT2D eigenvalue weighted by atomic mass is 32.2. The van der Waals surface area contributed by atoms with E-state index in [0.29, 0.717) is 11.0 Å². The SMILES string of the molecule is Cc1ccc(O)c(NS(=O)(=O)c2ccc3c(c2)n(C)c(=O)n3C)c1. The maximum absolute atomic E-state index is 12.6. The number of hydrogen-bond acceptors (Lipinski definition) is 4. The van der Waals surface area contributed by atoms with E-state index in [1.165, 1.54) is 27.3 Å². The van der Waals surface area contributed by atoms with Crippen LogP contribution in [-0.4, -0.2) is 22.7 Å². The van der Waals surface area contributed by atoms with Gasteiger partial charge in [-0.05, 0) is 42.8 Å². The van der Waals surface area contributed by atoms with Crippen molar-refractivity contribution in [3.63, 3.8) is 0 Å². The molecule has 3 rings (SSSR count). The summed E-state index contributed by atoms with van der Waals surface area (Å²) in [5, 5.41) is 9.83. The molecule has 0 spiro atoms. The van der Waals surface area contributed by atoms with Gasteiger partial charge in [-0.25, -0.2) is 13.2 Å². The smallest absolute Gasteiger partial charge is 0.328 e. The van der Waals surface area contributed by atoms with Gasteiger partial charge in [-0.3, -0.25) is 13.9 Å². The van der Waals surface area contributed by atoms with Crippen molar-refractivity contribution in [2.45, 2.75) is 11.8 Å². The van der Waals surface area contributed by atoms with Gasteiger partial charge in [0.05, 0.1) is 21.6 Å². The topological polar surface area (TPSA) is 93.3 Å². The van der Waals surface area contributed by atoms with Crippen LogP contribution in [0.2, 0.25) is 0 Å². The number of aromatic nitrogens is 2. The zero-order valence-electron chi connectivity index (χ0n) is 13.4. The minimum atomic E-state index is -3.90. The number of phenolic OH excluding ortho intramolecular Hbond substituents is 1. The molecular weight excluding hydrogens is 330 g/mol. The first-order chi connectivity index (χ1) is 11.2. The molecule has 0 aliphatic rings. The van der Waals surface area contributed by atoms with Gasteiger partial charge in [0, 0.05) is 14.1 Å². The third-order valence-electron chi connectivity index (χ3n) is 3.95. The quantitative estimate of drug-likeness (QED) is 0.705. The Morgan fingerprint density at radius 2 is 1.67 bits per heavy atom. The first-order valence-electron chi connectivity index (χ1n) is 7.18. The molecule has 0 aliphatic heterocycles. The summed E-state index contributed by atoms with van der Waals surface area (Å²) in [7, 11) is -0.688. The third kappa shape index (κ3) is 2.54. The van der Waals surface area contributed by atoms with Crippen LogP contribution < -0.4 is 10.4 Å². The fourth-order valence-corrected chi connectivity index (χ4v) is 3.67. The molecular formula is C16H17N3O4S. The Labute approximate surface area is 138 Å². The summed E-state index contributed by atoms with van der Waals surface area (Å²) in [5.41, 5.74) is 1.84. The number of phenols is 1. The number of aryl methyl sites for hydroxylation is 3. The van der Waals surface area contributed by atoms with Gasteiger partial charge in [0.25, 0.3) is 10.0 Å². The average Bonchev–Trinajstić information content (AvgIpc) is 2.75. The van der Waals surface area contributed by atoms with E-state index in [-0.39, 0.29) is 22.0 Å². The predicted octanol–water partition coefficient (Wildman–Crippen LogP) is 1.69. The Morgan fingerprint density at radius 1 is 1.00 bits per heavy atom. The second kappa shape index (κ2) is 5.41. The molecule has 0 saturated heterocycles. The van der Waals surface area contributed by atoms with E-state index in [1.54, 1.807) is 39.2 Å². The lowest BCUT2D eigenvalue weighted by molar-refractivity contribution is 0.477. The van der Waals surface area contributed by atoms with Crippen molar-refractivity contribution in [1.82, 2.24) is 9.13 Å². The van der Waals surface area contributed by atoms with Gasteiger partial charge in [0.1, 0.15) is 5.75 Å². The normalized spacial score (nSPS) is 11.8. The Bertz CT molecular complexity index is 1110. The van der Waals surface area contributed by atoms with Gasteiger partial charge in [0.15, 0.2) is 0 Å². The van der Waals surface area contributed by atoms with Gasteiger partial charge >= 0.3 is 5.69 Å². The van der Waals surface area contributed by atoms with E-state index in [2.05, 4.69) is 4.72 Å². The zero-order valence-corrected chi connectivity index (χ0v) is 14.3. The van der Waals surface area contributed by atoms with E-state index in [4.69, 9.17) is 0 Å². The lowest BCUT2D eigenvalue weighted by atomic mass is 10.2. The number of hydrogen-bond donors (Lipinski definition) is 2. The Kier molecular flexibility index (Phi) is 3.64. The van der Waals surface area contributed by atoms with E-state index < -0.39 is 10.0 Å². The van der Waals surface area contributed by atoms with E-state index in [0.717, 1.165) is 5.56 Å². The molecule has 0 amide bonds. The van der Waals surface area contributed by atoms with Crippen molar-refractivity contribution in [3.8, 4) is 5.75 Å². The molecule has 7 nitrogen and oxygen atoms in total. The van der Waals surface area contributed by atoms with Gasteiger partial charge in [0.2, 0.25) is 0 Å². The molecule has 24 heavy (non-hydrogen) atoms. The molecule has 0 aliphatic carbocycles. The molecule has 0 bridgehead atoms. The van der Waals surface area contributed by atoms with Crippen LogP contribution in [-0.2, 0) is 24.1 Å². The number of anilines is 1. The summed E-state index contributed by atoms with van der Waals surface area (Å²) in [6.45, 7) is 1.79. The lowest BCUT2D eigenvalue weighted by Crippen LogP contribution is -2.19. The highest BCUT2D eigenvalue weighted by Gasteiger charge is 2.18. The number of nitrogens with one attached hydrogen (secondary N) is 1. The molecule has 2 N–H and O–H groups in total. The zero-order chi connectivity index (χ0) is 17.6. The van der Waals surface area contributed by atoms with Crippen LogP contribution in [0.15, 0.2) is 46.1 Å². The van der Waals surface area contributed by atoms with E-state index in [1.807, 2.05) is 0 Å². The second-order valence-corrected chi connectivity index (χ2v) is 7.36. The fourth-order valence-electron chi connectivity index (χ4n) is 2.59. The molecule has 2 aromatic carbocycles. The summed E-state index contributed by atoms with van der Waals surface area (Å²) in [4.78, 5) is 12.0. The van der Waals surface area contributed by atoms with Crippen molar-refractivity contribution in [2.75, 3.05) is 4.72 Å². The molecule has 0 saturated carbocycles. The maximum Gasteiger partial charge on any atom is 0.328 e. The molecule has 126 valence electrons. The fraction of sp³-hybridized carbons (Fsp3) is 0.188. The summed E-state index contributed by atoms with van der Waals surface area (Å²) in [6, 6.07) is 9.10. The minimum absolute atomic E-state index is 0.0112. The van der Waals surface area contributed by atoms with Crippen molar-refractivity contribution in [3.05, 3.63) is 52.4 Å². The van der Waals surface area contributed by atoms with Gasteiger partial charge < -0.3 is 5.11 Å². The van der Waals surface area contributed by atoms with Crippen molar-refractivity contribution in [2.24, 2.45) is 14.1 Å². The Hall–Kier alpha value is -2.74. The van der Waals surface area contributed by atoms with Crippen molar-refractivity contribution < 1.29 is 13.5 Å².